The van der Waals surface area contributed by atoms with Gasteiger partial charge in [0.25, 0.3) is 5.56 Å². The molecule has 6 heteroatoms. The summed E-state index contributed by atoms with van der Waals surface area (Å²) in [6, 6.07) is 2.13. The summed E-state index contributed by atoms with van der Waals surface area (Å²) < 4.78 is 2.72. The van der Waals surface area contributed by atoms with Crippen molar-refractivity contribution >= 4 is 33.1 Å². The average molecular weight is 328 g/mol. The molecule has 2 rings (SSSR count). The Labute approximate surface area is 118 Å². The smallest absolute Gasteiger partial charge is 0.293 e. The Hall–Kier alpha value is -1.14. The van der Waals surface area contributed by atoms with Gasteiger partial charge < -0.3 is 9.88 Å². The SMILES string of the molecule is CC(C)n1ccnc(NCc2sccc2Br)c1=O. The molecule has 0 fully saturated rings. The maximum Gasteiger partial charge on any atom is 0.293 e. The van der Waals surface area contributed by atoms with Crippen LogP contribution in [0.3, 0.4) is 0 Å². The molecule has 96 valence electrons. The van der Waals surface area contributed by atoms with Gasteiger partial charge in [-0.05, 0) is 41.2 Å². The highest BCUT2D eigenvalue weighted by Gasteiger charge is 2.08. The van der Waals surface area contributed by atoms with Crippen molar-refractivity contribution in [3.05, 3.63) is 43.5 Å². The molecule has 18 heavy (non-hydrogen) atoms. The highest BCUT2D eigenvalue weighted by molar-refractivity contribution is 9.10. The minimum absolute atomic E-state index is 0.0832. The van der Waals surface area contributed by atoms with Crippen molar-refractivity contribution in [2.75, 3.05) is 5.32 Å². The fourth-order valence-corrected chi connectivity index (χ4v) is 3.00. The molecule has 2 aromatic heterocycles. The van der Waals surface area contributed by atoms with Crippen LogP contribution in [0.15, 0.2) is 33.1 Å². The van der Waals surface area contributed by atoms with E-state index in [-0.39, 0.29) is 11.6 Å². The third-order valence-corrected chi connectivity index (χ3v) is 4.46. The van der Waals surface area contributed by atoms with E-state index < -0.39 is 0 Å². The van der Waals surface area contributed by atoms with Crippen LogP contribution in [0.5, 0.6) is 0 Å². The molecule has 0 aromatic carbocycles. The van der Waals surface area contributed by atoms with Gasteiger partial charge in [0.15, 0.2) is 5.82 Å². The molecule has 0 saturated heterocycles. The van der Waals surface area contributed by atoms with E-state index >= 15 is 0 Å². The largest absolute Gasteiger partial charge is 0.361 e. The van der Waals surface area contributed by atoms with Crippen LogP contribution in [0, 0.1) is 0 Å². The second kappa shape index (κ2) is 5.67. The summed E-state index contributed by atoms with van der Waals surface area (Å²) in [5.74, 6) is 0.395. The molecule has 0 saturated carbocycles. The van der Waals surface area contributed by atoms with Crippen molar-refractivity contribution in [3.8, 4) is 0 Å². The Morgan fingerprint density at radius 2 is 2.33 bits per heavy atom. The van der Waals surface area contributed by atoms with Crippen LogP contribution in [-0.4, -0.2) is 9.55 Å². The summed E-state index contributed by atoms with van der Waals surface area (Å²) >= 11 is 5.10. The van der Waals surface area contributed by atoms with Crippen LogP contribution in [0.1, 0.15) is 24.8 Å². The zero-order chi connectivity index (χ0) is 13.1. The average Bonchev–Trinajstić information content (AvgIpc) is 2.73. The number of aromatic nitrogens is 2. The fraction of sp³-hybridized carbons (Fsp3) is 0.333. The van der Waals surface area contributed by atoms with Crippen molar-refractivity contribution < 1.29 is 0 Å². The molecule has 4 nitrogen and oxygen atoms in total. The molecule has 0 aliphatic rings. The Morgan fingerprint density at radius 1 is 1.56 bits per heavy atom. The molecule has 0 radical (unpaired) electrons. The lowest BCUT2D eigenvalue weighted by Crippen LogP contribution is -2.25. The van der Waals surface area contributed by atoms with Gasteiger partial charge in [-0.25, -0.2) is 4.98 Å². The third-order valence-electron chi connectivity index (χ3n) is 2.53. The van der Waals surface area contributed by atoms with E-state index in [9.17, 15) is 4.79 Å². The predicted octanol–water partition coefficient (Wildman–Crippen LogP) is 3.26. The first-order chi connectivity index (χ1) is 8.59. The Morgan fingerprint density at radius 3 is 2.94 bits per heavy atom. The van der Waals surface area contributed by atoms with Gasteiger partial charge in [-0.2, -0.15) is 0 Å². The van der Waals surface area contributed by atoms with Crippen molar-refractivity contribution in [3.63, 3.8) is 0 Å². The molecule has 0 aliphatic carbocycles. The maximum atomic E-state index is 12.1. The van der Waals surface area contributed by atoms with Gasteiger partial charge in [-0.1, -0.05) is 0 Å². The molecule has 0 atom stereocenters. The minimum atomic E-state index is -0.0832. The second-order valence-electron chi connectivity index (χ2n) is 4.13. The van der Waals surface area contributed by atoms with Crippen molar-refractivity contribution in [1.29, 1.82) is 0 Å². The number of thiophene rings is 1. The standard InChI is InChI=1S/C12H14BrN3OS/c1-8(2)16-5-4-14-11(12(16)17)15-7-10-9(13)3-6-18-10/h3-6,8H,7H2,1-2H3,(H,14,15). The fourth-order valence-electron chi connectivity index (χ4n) is 1.57. The summed E-state index contributed by atoms with van der Waals surface area (Å²) in [6.45, 7) is 4.55. The zero-order valence-electron chi connectivity index (χ0n) is 10.2. The first-order valence-corrected chi connectivity index (χ1v) is 7.29. The van der Waals surface area contributed by atoms with E-state index in [1.165, 1.54) is 0 Å². The lowest BCUT2D eigenvalue weighted by molar-refractivity contribution is 0.575. The van der Waals surface area contributed by atoms with E-state index in [4.69, 9.17) is 0 Å². The highest BCUT2D eigenvalue weighted by Crippen LogP contribution is 2.22. The van der Waals surface area contributed by atoms with Gasteiger partial charge in [0, 0.05) is 27.8 Å². The number of hydrogen-bond donors (Lipinski definition) is 1. The Bertz CT molecular complexity index is 591. The van der Waals surface area contributed by atoms with Gasteiger partial charge in [0.2, 0.25) is 0 Å². The number of nitrogens with zero attached hydrogens (tertiary/aromatic N) is 2. The van der Waals surface area contributed by atoms with Crippen LogP contribution in [0.2, 0.25) is 0 Å². The van der Waals surface area contributed by atoms with Crippen LogP contribution in [-0.2, 0) is 6.54 Å². The Balaban J connectivity index is 2.18. The molecular formula is C12H14BrN3OS. The summed E-state index contributed by atoms with van der Waals surface area (Å²) in [5.41, 5.74) is -0.0832. The Kier molecular flexibility index (Phi) is 4.19. The number of hydrogen-bond acceptors (Lipinski definition) is 4. The van der Waals surface area contributed by atoms with Crippen LogP contribution in [0.25, 0.3) is 0 Å². The topological polar surface area (TPSA) is 46.9 Å². The van der Waals surface area contributed by atoms with Crippen molar-refractivity contribution in [2.45, 2.75) is 26.4 Å². The minimum Gasteiger partial charge on any atom is -0.361 e. The van der Waals surface area contributed by atoms with Crippen LogP contribution < -0.4 is 10.9 Å². The van der Waals surface area contributed by atoms with E-state index in [1.807, 2.05) is 25.3 Å². The highest BCUT2D eigenvalue weighted by atomic mass is 79.9. The summed E-state index contributed by atoms with van der Waals surface area (Å²) in [6.07, 6.45) is 3.35. The van der Waals surface area contributed by atoms with Gasteiger partial charge >= 0.3 is 0 Å². The summed E-state index contributed by atoms with van der Waals surface area (Å²) in [4.78, 5) is 17.3. The number of anilines is 1. The maximum absolute atomic E-state index is 12.1. The monoisotopic (exact) mass is 327 g/mol. The molecule has 2 aromatic rings. The van der Waals surface area contributed by atoms with Crippen LogP contribution >= 0.6 is 27.3 Å². The quantitative estimate of drug-likeness (QED) is 0.937. The molecule has 0 amide bonds. The van der Waals surface area contributed by atoms with E-state index in [0.29, 0.717) is 12.4 Å². The molecular weight excluding hydrogens is 314 g/mol. The lowest BCUT2D eigenvalue weighted by Gasteiger charge is -2.11. The van der Waals surface area contributed by atoms with Gasteiger partial charge in [0.05, 0.1) is 6.54 Å². The normalized spacial score (nSPS) is 10.9. The third kappa shape index (κ3) is 2.81. The lowest BCUT2D eigenvalue weighted by atomic mass is 10.4. The first-order valence-electron chi connectivity index (χ1n) is 5.62. The number of nitrogens with one attached hydrogen (secondary N) is 1. The molecule has 0 bridgehead atoms. The first kappa shape index (κ1) is 13.3. The van der Waals surface area contributed by atoms with Crippen molar-refractivity contribution in [1.82, 2.24) is 9.55 Å². The molecule has 0 spiro atoms. The zero-order valence-corrected chi connectivity index (χ0v) is 12.6. The van der Waals surface area contributed by atoms with Crippen LogP contribution in [0.4, 0.5) is 5.82 Å². The molecule has 1 N–H and O–H groups in total. The molecule has 2 heterocycles. The summed E-state index contributed by atoms with van der Waals surface area (Å²) in [7, 11) is 0. The second-order valence-corrected chi connectivity index (χ2v) is 5.98. The van der Waals surface area contributed by atoms with Gasteiger partial charge in [0.1, 0.15) is 0 Å². The predicted molar refractivity (Wildman–Crippen MR) is 78.2 cm³/mol. The van der Waals surface area contributed by atoms with Crippen molar-refractivity contribution in [2.24, 2.45) is 0 Å². The molecule has 0 unspecified atom stereocenters. The van der Waals surface area contributed by atoms with E-state index in [2.05, 4.69) is 26.2 Å². The number of halogens is 1. The van der Waals surface area contributed by atoms with Gasteiger partial charge in [-0.15, -0.1) is 11.3 Å². The number of rotatable bonds is 4. The van der Waals surface area contributed by atoms with Gasteiger partial charge in [-0.3, -0.25) is 4.79 Å². The van der Waals surface area contributed by atoms with E-state index in [0.717, 1.165) is 9.35 Å². The molecule has 0 aliphatic heterocycles. The summed E-state index contributed by atoms with van der Waals surface area (Å²) in [5, 5.41) is 5.09. The van der Waals surface area contributed by atoms with E-state index in [1.54, 1.807) is 28.3 Å².